The number of guanidine groups is 1. The molecule has 0 unspecified atom stereocenters. The molecule has 1 aliphatic rings. The molecule has 1 aliphatic carbocycles. The number of carbonyl (C=O) groups excluding carboxylic acids is 1. The molecule has 0 saturated heterocycles. The van der Waals surface area contributed by atoms with Crippen molar-refractivity contribution in [3.63, 3.8) is 0 Å². The normalized spacial score (nSPS) is 18.6. The molecule has 3 rings (SSSR count). The van der Waals surface area contributed by atoms with Gasteiger partial charge in [-0.3, -0.25) is 0 Å². The van der Waals surface area contributed by atoms with Crippen LogP contribution in [-0.2, 0) is 17.9 Å². The zero-order chi connectivity index (χ0) is 21.2. The molecule has 2 aromatic carbocycles. The number of aliphatic hydroxyl groups is 1. The highest BCUT2D eigenvalue weighted by Gasteiger charge is 2.20. The lowest BCUT2D eigenvalue weighted by molar-refractivity contribution is 0.0472. The number of rotatable bonds is 7. The minimum Gasteiger partial charge on any atom is -0.457 e. The van der Waals surface area contributed by atoms with E-state index in [-0.39, 0.29) is 42.7 Å². The van der Waals surface area contributed by atoms with Crippen molar-refractivity contribution in [2.24, 2.45) is 4.99 Å². The highest BCUT2D eigenvalue weighted by atomic mass is 127. The lowest BCUT2D eigenvalue weighted by Crippen LogP contribution is -2.45. The zero-order valence-corrected chi connectivity index (χ0v) is 20.3. The smallest absolute Gasteiger partial charge is 0.338 e. The van der Waals surface area contributed by atoms with Gasteiger partial charge >= 0.3 is 5.97 Å². The molecule has 6 nitrogen and oxygen atoms in total. The number of halogens is 1. The Morgan fingerprint density at radius 2 is 1.77 bits per heavy atom. The second-order valence-electron chi connectivity index (χ2n) is 7.61. The minimum atomic E-state index is -0.338. The van der Waals surface area contributed by atoms with Crippen LogP contribution in [0.5, 0.6) is 0 Å². The van der Waals surface area contributed by atoms with Crippen LogP contribution < -0.4 is 10.6 Å². The van der Waals surface area contributed by atoms with Gasteiger partial charge in [0.25, 0.3) is 0 Å². The van der Waals surface area contributed by atoms with Crippen molar-refractivity contribution in [1.82, 2.24) is 10.6 Å². The van der Waals surface area contributed by atoms with E-state index in [2.05, 4.69) is 15.6 Å². The van der Waals surface area contributed by atoms with Crippen LogP contribution >= 0.6 is 24.0 Å². The number of aliphatic hydroxyl groups excluding tert-OH is 1. The zero-order valence-electron chi connectivity index (χ0n) is 17.9. The molecule has 168 valence electrons. The number of aliphatic imine (C=N–C) groups is 1. The van der Waals surface area contributed by atoms with Gasteiger partial charge in [0.05, 0.1) is 18.2 Å². The number of nitrogens with zero attached hydrogens (tertiary/aromatic N) is 1. The van der Waals surface area contributed by atoms with Gasteiger partial charge < -0.3 is 20.5 Å². The van der Waals surface area contributed by atoms with Crippen molar-refractivity contribution in [3.8, 4) is 0 Å². The van der Waals surface area contributed by atoms with Crippen LogP contribution in [-0.4, -0.2) is 35.7 Å². The number of ether oxygens (including phenoxy) is 1. The molecule has 1 fully saturated rings. The predicted molar refractivity (Wildman–Crippen MR) is 134 cm³/mol. The van der Waals surface area contributed by atoms with E-state index in [4.69, 9.17) is 4.74 Å². The number of hydrogen-bond donors (Lipinski definition) is 3. The topological polar surface area (TPSA) is 83.0 Å². The highest BCUT2D eigenvalue weighted by molar-refractivity contribution is 14.0. The van der Waals surface area contributed by atoms with Crippen molar-refractivity contribution in [3.05, 3.63) is 71.3 Å². The van der Waals surface area contributed by atoms with E-state index in [1.807, 2.05) is 55.5 Å². The van der Waals surface area contributed by atoms with Crippen molar-refractivity contribution in [2.45, 2.75) is 57.9 Å². The van der Waals surface area contributed by atoms with E-state index in [0.29, 0.717) is 18.2 Å². The molecule has 1 saturated carbocycles. The van der Waals surface area contributed by atoms with E-state index in [9.17, 15) is 9.90 Å². The average molecular weight is 537 g/mol. The maximum absolute atomic E-state index is 12.4. The second kappa shape index (κ2) is 13.3. The Hall–Kier alpha value is -2.13. The molecular weight excluding hydrogens is 505 g/mol. The van der Waals surface area contributed by atoms with Gasteiger partial charge in [0, 0.05) is 12.6 Å². The molecule has 31 heavy (non-hydrogen) atoms. The molecule has 7 heteroatoms. The third-order valence-electron chi connectivity index (χ3n) is 5.18. The Kier molecular flexibility index (Phi) is 10.8. The summed E-state index contributed by atoms with van der Waals surface area (Å²) in [5.41, 5.74) is 2.43. The molecule has 2 aromatic rings. The van der Waals surface area contributed by atoms with Gasteiger partial charge in [0.2, 0.25) is 0 Å². The highest BCUT2D eigenvalue weighted by Crippen LogP contribution is 2.18. The van der Waals surface area contributed by atoms with Gasteiger partial charge in [-0.05, 0) is 55.9 Å². The van der Waals surface area contributed by atoms with Gasteiger partial charge in [0.1, 0.15) is 6.61 Å². The largest absolute Gasteiger partial charge is 0.457 e. The Morgan fingerprint density at radius 1 is 1.06 bits per heavy atom. The summed E-state index contributed by atoms with van der Waals surface area (Å²) >= 11 is 0. The Balaban J connectivity index is 0.00000341. The van der Waals surface area contributed by atoms with Gasteiger partial charge in [-0.2, -0.15) is 0 Å². The van der Waals surface area contributed by atoms with Crippen LogP contribution in [0.3, 0.4) is 0 Å². The van der Waals surface area contributed by atoms with Crippen molar-refractivity contribution < 1.29 is 14.6 Å². The van der Waals surface area contributed by atoms with Gasteiger partial charge in [-0.25, -0.2) is 9.79 Å². The SMILES string of the molecule is CCNC(=NCc1cccc(C(=O)OCc2ccccc2)c1)NC1CCC(O)CC1.I. The molecule has 0 heterocycles. The quantitative estimate of drug-likeness (QED) is 0.215. The molecule has 3 N–H and O–H groups in total. The fourth-order valence-electron chi connectivity index (χ4n) is 3.51. The van der Waals surface area contributed by atoms with Crippen LogP contribution in [0.15, 0.2) is 59.6 Å². The number of hydrogen-bond acceptors (Lipinski definition) is 4. The summed E-state index contributed by atoms with van der Waals surface area (Å²) in [7, 11) is 0. The molecule has 0 aliphatic heterocycles. The van der Waals surface area contributed by atoms with Gasteiger partial charge in [0.15, 0.2) is 5.96 Å². The number of carbonyl (C=O) groups is 1. The van der Waals surface area contributed by atoms with Crippen LogP contribution in [0.4, 0.5) is 0 Å². The summed E-state index contributed by atoms with van der Waals surface area (Å²) in [5.74, 6) is 0.423. The number of benzene rings is 2. The first-order valence-electron chi connectivity index (χ1n) is 10.7. The first-order chi connectivity index (χ1) is 14.6. The molecule has 0 aromatic heterocycles. The first kappa shape index (κ1) is 25.1. The fraction of sp³-hybridized carbons (Fsp3) is 0.417. The van der Waals surface area contributed by atoms with Crippen molar-refractivity contribution in [1.29, 1.82) is 0 Å². The van der Waals surface area contributed by atoms with Gasteiger partial charge in [-0.1, -0.05) is 42.5 Å². The number of esters is 1. The molecule has 0 bridgehead atoms. The van der Waals surface area contributed by atoms with Gasteiger partial charge in [-0.15, -0.1) is 24.0 Å². The maximum Gasteiger partial charge on any atom is 0.338 e. The van der Waals surface area contributed by atoms with Crippen LogP contribution in [0, 0.1) is 0 Å². The van der Waals surface area contributed by atoms with E-state index >= 15 is 0 Å². The third-order valence-corrected chi connectivity index (χ3v) is 5.18. The van der Waals surface area contributed by atoms with Crippen LogP contribution in [0.1, 0.15) is 54.1 Å². The first-order valence-corrected chi connectivity index (χ1v) is 10.7. The molecule has 0 spiro atoms. The summed E-state index contributed by atoms with van der Waals surface area (Å²) in [6.07, 6.45) is 3.35. The average Bonchev–Trinajstić information content (AvgIpc) is 2.78. The Labute approximate surface area is 201 Å². The summed E-state index contributed by atoms with van der Waals surface area (Å²) < 4.78 is 5.42. The van der Waals surface area contributed by atoms with Crippen molar-refractivity contribution in [2.75, 3.05) is 6.54 Å². The Morgan fingerprint density at radius 3 is 2.48 bits per heavy atom. The second-order valence-corrected chi connectivity index (χ2v) is 7.61. The minimum absolute atomic E-state index is 0. The number of nitrogens with one attached hydrogen (secondary N) is 2. The lowest BCUT2D eigenvalue weighted by atomic mass is 9.93. The van der Waals surface area contributed by atoms with E-state index in [0.717, 1.165) is 49.3 Å². The summed E-state index contributed by atoms with van der Waals surface area (Å²) in [4.78, 5) is 17.1. The molecule has 0 atom stereocenters. The van der Waals surface area contributed by atoms with E-state index in [1.54, 1.807) is 6.07 Å². The van der Waals surface area contributed by atoms with Crippen LogP contribution in [0.2, 0.25) is 0 Å². The standard InChI is InChI=1S/C24H31N3O3.HI/c1-2-25-24(27-21-11-13-22(28)14-12-21)26-16-19-9-6-10-20(15-19)23(29)30-17-18-7-4-3-5-8-18;/h3-10,15,21-22,28H,2,11-14,16-17H2,1H3,(H2,25,26,27);1H. The predicted octanol–water partition coefficient (Wildman–Crippen LogP) is 4.02. The van der Waals surface area contributed by atoms with E-state index < -0.39 is 0 Å². The lowest BCUT2D eigenvalue weighted by Gasteiger charge is -2.27. The summed E-state index contributed by atoms with van der Waals surface area (Å²) in [5, 5.41) is 16.4. The van der Waals surface area contributed by atoms with Crippen molar-refractivity contribution >= 4 is 35.9 Å². The maximum atomic E-state index is 12.4. The van der Waals surface area contributed by atoms with Crippen LogP contribution in [0.25, 0.3) is 0 Å². The molecule has 0 amide bonds. The Bertz CT molecular complexity index is 837. The monoisotopic (exact) mass is 537 g/mol. The third kappa shape index (κ3) is 8.49. The molecule has 0 radical (unpaired) electrons. The molecular formula is C24H32IN3O3. The summed E-state index contributed by atoms with van der Waals surface area (Å²) in [6.45, 7) is 3.52. The summed E-state index contributed by atoms with van der Waals surface area (Å²) in [6, 6.07) is 17.4. The van der Waals surface area contributed by atoms with E-state index in [1.165, 1.54) is 0 Å². The fourth-order valence-corrected chi connectivity index (χ4v) is 3.51.